The number of rotatable bonds is 4. The normalized spacial score (nSPS) is 10.4. The van der Waals surface area contributed by atoms with Gasteiger partial charge in [0.05, 0.1) is 24.6 Å². The molecule has 110 valence electrons. The number of fused-ring (bicyclic) bond motifs is 1. The molecule has 1 N–H and O–H groups in total. The van der Waals surface area contributed by atoms with Crippen LogP contribution < -0.4 is 10.1 Å². The number of anilines is 1. The lowest BCUT2D eigenvalue weighted by Crippen LogP contribution is -2.14. The van der Waals surface area contributed by atoms with Gasteiger partial charge in [-0.25, -0.2) is 0 Å². The minimum absolute atomic E-state index is 0.0866. The molecule has 22 heavy (non-hydrogen) atoms. The van der Waals surface area contributed by atoms with Gasteiger partial charge in [-0.3, -0.25) is 14.8 Å². The quantitative estimate of drug-likeness (QED) is 0.803. The summed E-state index contributed by atoms with van der Waals surface area (Å²) >= 11 is 0. The fraction of sp³-hybridized carbons (Fsp3) is 0.118. The molecule has 0 aliphatic rings. The second-order valence-corrected chi connectivity index (χ2v) is 4.84. The first-order valence-corrected chi connectivity index (χ1v) is 6.88. The van der Waals surface area contributed by atoms with Crippen LogP contribution in [0.1, 0.15) is 5.56 Å². The van der Waals surface area contributed by atoms with Gasteiger partial charge in [0.15, 0.2) is 0 Å². The Bertz CT molecular complexity index is 818. The average molecular weight is 293 g/mol. The standard InChI is InChI=1S/C17H15N3O2/c1-22-14-4-2-3-12(9-14)10-17(21)20-13-5-6-15-16(11-13)19-8-7-18-15/h2-9,11H,10H2,1H3,(H,20,21). The van der Waals surface area contributed by atoms with Gasteiger partial charge < -0.3 is 10.1 Å². The first-order chi connectivity index (χ1) is 10.7. The van der Waals surface area contributed by atoms with Gasteiger partial charge in [0.2, 0.25) is 5.91 Å². The first-order valence-electron chi connectivity index (χ1n) is 6.88. The minimum Gasteiger partial charge on any atom is -0.497 e. The zero-order valence-corrected chi connectivity index (χ0v) is 12.1. The number of hydrogen-bond donors (Lipinski definition) is 1. The number of aromatic nitrogens is 2. The van der Waals surface area contributed by atoms with Crippen LogP contribution in [0.15, 0.2) is 54.9 Å². The highest BCUT2D eigenvalue weighted by molar-refractivity contribution is 5.94. The Labute approximate surface area is 128 Å². The van der Waals surface area contributed by atoms with Crippen molar-refractivity contribution in [1.29, 1.82) is 0 Å². The fourth-order valence-corrected chi connectivity index (χ4v) is 2.21. The molecule has 0 fully saturated rings. The van der Waals surface area contributed by atoms with Crippen molar-refractivity contribution in [2.45, 2.75) is 6.42 Å². The minimum atomic E-state index is -0.0866. The molecule has 0 bridgehead atoms. The number of carbonyl (C=O) groups is 1. The number of nitrogens with zero attached hydrogens (tertiary/aromatic N) is 2. The van der Waals surface area contributed by atoms with Crippen molar-refractivity contribution in [1.82, 2.24) is 9.97 Å². The lowest BCUT2D eigenvalue weighted by molar-refractivity contribution is -0.115. The molecule has 5 heteroatoms. The summed E-state index contributed by atoms with van der Waals surface area (Å²) in [4.78, 5) is 20.6. The summed E-state index contributed by atoms with van der Waals surface area (Å²) in [6.45, 7) is 0. The average Bonchev–Trinajstić information content (AvgIpc) is 2.55. The largest absolute Gasteiger partial charge is 0.497 e. The zero-order chi connectivity index (χ0) is 15.4. The molecule has 1 amide bonds. The third kappa shape index (κ3) is 3.20. The Morgan fingerprint density at radius 2 is 1.91 bits per heavy atom. The Morgan fingerprint density at radius 3 is 2.73 bits per heavy atom. The molecule has 3 aromatic rings. The third-order valence-corrected chi connectivity index (χ3v) is 3.25. The summed E-state index contributed by atoms with van der Waals surface area (Å²) in [6, 6.07) is 12.9. The second-order valence-electron chi connectivity index (χ2n) is 4.84. The van der Waals surface area contributed by atoms with Gasteiger partial charge in [-0.1, -0.05) is 12.1 Å². The Balaban J connectivity index is 1.72. The molecule has 0 saturated carbocycles. The number of amides is 1. The van der Waals surface area contributed by atoms with Gasteiger partial charge in [-0.05, 0) is 35.9 Å². The van der Waals surface area contributed by atoms with E-state index in [9.17, 15) is 4.79 Å². The molecule has 3 rings (SSSR count). The van der Waals surface area contributed by atoms with Crippen LogP contribution in [-0.2, 0) is 11.2 Å². The predicted octanol–water partition coefficient (Wildman–Crippen LogP) is 2.82. The number of hydrogen-bond acceptors (Lipinski definition) is 4. The van der Waals surface area contributed by atoms with E-state index >= 15 is 0 Å². The van der Waals surface area contributed by atoms with E-state index in [2.05, 4.69) is 15.3 Å². The van der Waals surface area contributed by atoms with E-state index in [1.807, 2.05) is 42.5 Å². The van der Waals surface area contributed by atoms with E-state index in [1.165, 1.54) is 0 Å². The molecular weight excluding hydrogens is 278 g/mol. The molecule has 2 aromatic carbocycles. The number of nitrogens with one attached hydrogen (secondary N) is 1. The maximum atomic E-state index is 12.1. The molecule has 0 atom stereocenters. The van der Waals surface area contributed by atoms with Crippen LogP contribution in [0.4, 0.5) is 5.69 Å². The van der Waals surface area contributed by atoms with E-state index in [0.717, 1.165) is 22.3 Å². The van der Waals surface area contributed by atoms with E-state index in [0.29, 0.717) is 5.69 Å². The van der Waals surface area contributed by atoms with Crippen LogP contribution >= 0.6 is 0 Å². The summed E-state index contributed by atoms with van der Waals surface area (Å²) in [7, 11) is 1.61. The van der Waals surface area contributed by atoms with Crippen LogP contribution in [0, 0.1) is 0 Å². The van der Waals surface area contributed by atoms with E-state index in [-0.39, 0.29) is 12.3 Å². The van der Waals surface area contributed by atoms with Crippen molar-refractivity contribution in [3.63, 3.8) is 0 Å². The van der Waals surface area contributed by atoms with E-state index < -0.39 is 0 Å². The SMILES string of the molecule is COc1cccc(CC(=O)Nc2ccc3nccnc3c2)c1. The maximum Gasteiger partial charge on any atom is 0.228 e. The molecule has 0 spiro atoms. The Hall–Kier alpha value is -2.95. The van der Waals surface area contributed by atoms with E-state index in [1.54, 1.807) is 19.5 Å². The lowest BCUT2D eigenvalue weighted by Gasteiger charge is -2.07. The summed E-state index contributed by atoms with van der Waals surface area (Å²) in [5.41, 5.74) is 3.16. The summed E-state index contributed by atoms with van der Waals surface area (Å²) in [6.07, 6.45) is 3.56. The highest BCUT2D eigenvalue weighted by Crippen LogP contribution is 2.16. The van der Waals surface area contributed by atoms with Crippen LogP contribution in [-0.4, -0.2) is 23.0 Å². The molecular formula is C17H15N3O2. The lowest BCUT2D eigenvalue weighted by atomic mass is 10.1. The van der Waals surface area contributed by atoms with Gasteiger partial charge in [0.1, 0.15) is 5.75 Å². The van der Waals surface area contributed by atoms with E-state index in [4.69, 9.17) is 4.74 Å². The first kappa shape index (κ1) is 14.0. The van der Waals surface area contributed by atoms with Gasteiger partial charge >= 0.3 is 0 Å². The number of ether oxygens (including phenoxy) is 1. The van der Waals surface area contributed by atoms with Crippen molar-refractivity contribution in [2.75, 3.05) is 12.4 Å². The fourth-order valence-electron chi connectivity index (χ4n) is 2.21. The molecule has 0 saturated heterocycles. The van der Waals surface area contributed by atoms with Crippen LogP contribution in [0.2, 0.25) is 0 Å². The molecule has 5 nitrogen and oxygen atoms in total. The molecule has 0 aliphatic carbocycles. The monoisotopic (exact) mass is 293 g/mol. The van der Waals surface area contributed by atoms with Crippen LogP contribution in [0.3, 0.4) is 0 Å². The number of benzene rings is 2. The maximum absolute atomic E-state index is 12.1. The molecule has 0 unspecified atom stereocenters. The second kappa shape index (κ2) is 6.22. The van der Waals surface area contributed by atoms with Crippen LogP contribution in [0.5, 0.6) is 5.75 Å². The van der Waals surface area contributed by atoms with Crippen LogP contribution in [0.25, 0.3) is 11.0 Å². The Morgan fingerprint density at radius 1 is 1.09 bits per heavy atom. The summed E-state index contributed by atoms with van der Waals surface area (Å²) in [5, 5.41) is 2.87. The van der Waals surface area contributed by atoms with Gasteiger partial charge in [-0.15, -0.1) is 0 Å². The van der Waals surface area contributed by atoms with Crippen molar-refractivity contribution >= 4 is 22.6 Å². The van der Waals surface area contributed by atoms with Crippen molar-refractivity contribution in [3.05, 3.63) is 60.4 Å². The smallest absolute Gasteiger partial charge is 0.228 e. The molecule has 1 heterocycles. The highest BCUT2D eigenvalue weighted by Gasteiger charge is 2.06. The molecule has 0 radical (unpaired) electrons. The number of carbonyl (C=O) groups excluding carboxylic acids is 1. The van der Waals surface area contributed by atoms with Gasteiger partial charge in [0.25, 0.3) is 0 Å². The zero-order valence-electron chi connectivity index (χ0n) is 12.1. The van der Waals surface area contributed by atoms with Gasteiger partial charge in [-0.2, -0.15) is 0 Å². The molecule has 1 aromatic heterocycles. The summed E-state index contributed by atoms with van der Waals surface area (Å²) < 4.78 is 5.16. The topological polar surface area (TPSA) is 64.1 Å². The Kier molecular flexibility index (Phi) is 3.96. The highest BCUT2D eigenvalue weighted by atomic mass is 16.5. The number of methoxy groups -OCH3 is 1. The summed E-state index contributed by atoms with van der Waals surface area (Å²) in [5.74, 6) is 0.655. The van der Waals surface area contributed by atoms with Gasteiger partial charge in [0, 0.05) is 18.1 Å². The third-order valence-electron chi connectivity index (χ3n) is 3.25. The van der Waals surface area contributed by atoms with Crippen molar-refractivity contribution in [3.8, 4) is 5.75 Å². The molecule has 0 aliphatic heterocycles. The van der Waals surface area contributed by atoms with Crippen molar-refractivity contribution < 1.29 is 9.53 Å². The predicted molar refractivity (Wildman–Crippen MR) is 84.9 cm³/mol. The van der Waals surface area contributed by atoms with Crippen molar-refractivity contribution in [2.24, 2.45) is 0 Å².